The van der Waals surface area contributed by atoms with Crippen LogP contribution in [-0.2, 0) is 4.79 Å². The highest BCUT2D eigenvalue weighted by Gasteiger charge is 2.46. The topological polar surface area (TPSA) is 58.4 Å². The fraction of sp³-hybridized carbons (Fsp3) is 0.333. The minimum Gasteiger partial charge on any atom is -0.376 e. The van der Waals surface area contributed by atoms with Crippen molar-refractivity contribution in [1.29, 1.82) is 0 Å². The smallest absolute Gasteiger partial charge is 0.250 e. The summed E-state index contributed by atoms with van der Waals surface area (Å²) in [5, 5.41) is 3.18. The van der Waals surface area contributed by atoms with Crippen molar-refractivity contribution in [3.63, 3.8) is 0 Å². The van der Waals surface area contributed by atoms with Crippen LogP contribution < -0.4 is 16.0 Å². The van der Waals surface area contributed by atoms with Gasteiger partial charge in [-0.15, -0.1) is 0 Å². The van der Waals surface area contributed by atoms with Crippen molar-refractivity contribution in [3.05, 3.63) is 59.9 Å². The highest BCUT2D eigenvalue weighted by molar-refractivity contribution is 7.80. The van der Waals surface area contributed by atoms with Gasteiger partial charge in [0, 0.05) is 11.4 Å². The molecular formula is C21H24FN3OS. The summed E-state index contributed by atoms with van der Waals surface area (Å²) in [6, 6.07) is 13.6. The normalized spacial score (nSPS) is 15.8. The Morgan fingerprint density at radius 3 is 2.33 bits per heavy atom. The number of carbonyl (C=O) groups excluding carboxylic acids is 1. The molecule has 6 heteroatoms. The molecule has 1 aliphatic rings. The van der Waals surface area contributed by atoms with Gasteiger partial charge in [0.15, 0.2) is 5.11 Å². The summed E-state index contributed by atoms with van der Waals surface area (Å²) in [4.78, 5) is 15.2. The van der Waals surface area contributed by atoms with Crippen LogP contribution >= 0.6 is 12.2 Å². The summed E-state index contributed by atoms with van der Waals surface area (Å²) in [7, 11) is 0. The molecule has 3 N–H and O–H groups in total. The number of halogens is 1. The molecule has 2 aromatic carbocycles. The van der Waals surface area contributed by atoms with Gasteiger partial charge in [-0.3, -0.25) is 4.79 Å². The molecule has 0 aliphatic heterocycles. The highest BCUT2D eigenvalue weighted by Crippen LogP contribution is 2.38. The maximum absolute atomic E-state index is 13.5. The van der Waals surface area contributed by atoms with Crippen LogP contribution in [0.1, 0.15) is 37.7 Å². The van der Waals surface area contributed by atoms with Crippen molar-refractivity contribution >= 4 is 34.6 Å². The molecule has 4 nitrogen and oxygen atoms in total. The number of nitrogens with zero attached hydrogens (tertiary/aromatic N) is 1. The molecule has 0 saturated heterocycles. The molecule has 0 aromatic heterocycles. The van der Waals surface area contributed by atoms with Gasteiger partial charge in [0.25, 0.3) is 5.91 Å². The van der Waals surface area contributed by atoms with Crippen LogP contribution in [0.15, 0.2) is 48.5 Å². The number of nitrogens with one attached hydrogen (secondary N) is 1. The zero-order chi connectivity index (χ0) is 19.4. The number of hydrogen-bond acceptors (Lipinski definition) is 2. The van der Waals surface area contributed by atoms with Crippen molar-refractivity contribution in [1.82, 2.24) is 0 Å². The monoisotopic (exact) mass is 385 g/mol. The second kappa shape index (κ2) is 8.05. The van der Waals surface area contributed by atoms with Crippen LogP contribution in [0.2, 0.25) is 0 Å². The molecule has 0 radical (unpaired) electrons. The van der Waals surface area contributed by atoms with Gasteiger partial charge >= 0.3 is 0 Å². The van der Waals surface area contributed by atoms with E-state index >= 15 is 0 Å². The summed E-state index contributed by atoms with van der Waals surface area (Å²) in [5.41, 5.74) is 7.57. The van der Waals surface area contributed by atoms with Crippen LogP contribution in [0.3, 0.4) is 0 Å². The highest BCUT2D eigenvalue weighted by atomic mass is 32.1. The predicted molar refractivity (Wildman–Crippen MR) is 111 cm³/mol. The summed E-state index contributed by atoms with van der Waals surface area (Å²) >= 11 is 5.32. The number of amides is 1. The molecule has 0 bridgehead atoms. The standard InChI is InChI=1S/C21H24FN3OS/c1-15-7-3-4-8-18(15)24-19(26)21(13-5-2-6-14-21)25(20(23)27)17-11-9-16(22)10-12-17/h3-4,7-12H,2,5-6,13-14H2,1H3,(H2,23,27)(H,24,26). The molecule has 0 heterocycles. The second-order valence-corrected chi connectivity index (χ2v) is 7.43. The van der Waals surface area contributed by atoms with Gasteiger partial charge in [-0.25, -0.2) is 4.39 Å². The van der Waals surface area contributed by atoms with E-state index in [9.17, 15) is 9.18 Å². The first-order valence-corrected chi connectivity index (χ1v) is 9.57. The lowest BCUT2D eigenvalue weighted by Gasteiger charge is -2.45. The zero-order valence-electron chi connectivity index (χ0n) is 15.4. The number of rotatable bonds is 4. The predicted octanol–water partition coefficient (Wildman–Crippen LogP) is 4.53. The van der Waals surface area contributed by atoms with Crippen molar-refractivity contribution in [2.45, 2.75) is 44.6 Å². The van der Waals surface area contributed by atoms with E-state index in [1.165, 1.54) is 12.1 Å². The Kier molecular flexibility index (Phi) is 5.75. The molecule has 3 rings (SSSR count). The molecular weight excluding hydrogens is 361 g/mol. The number of hydrogen-bond donors (Lipinski definition) is 2. The van der Waals surface area contributed by atoms with E-state index in [1.807, 2.05) is 31.2 Å². The lowest BCUT2D eigenvalue weighted by atomic mass is 9.79. The molecule has 1 amide bonds. The van der Waals surface area contributed by atoms with Gasteiger partial charge < -0.3 is 16.0 Å². The van der Waals surface area contributed by atoms with E-state index in [4.69, 9.17) is 18.0 Å². The fourth-order valence-corrected chi connectivity index (χ4v) is 4.10. The second-order valence-electron chi connectivity index (χ2n) is 7.01. The number of aryl methyl sites for hydroxylation is 1. The van der Waals surface area contributed by atoms with Gasteiger partial charge in [-0.05, 0) is 67.9 Å². The van der Waals surface area contributed by atoms with Crippen molar-refractivity contribution in [3.8, 4) is 0 Å². The largest absolute Gasteiger partial charge is 0.376 e. The fourth-order valence-electron chi connectivity index (χ4n) is 3.82. The Hall–Kier alpha value is -2.47. The van der Waals surface area contributed by atoms with Gasteiger partial charge in [0.2, 0.25) is 0 Å². The Balaban J connectivity index is 2.02. The van der Waals surface area contributed by atoms with E-state index in [2.05, 4.69) is 5.32 Å². The molecule has 0 spiro atoms. The van der Waals surface area contributed by atoms with Crippen LogP contribution in [0.5, 0.6) is 0 Å². The van der Waals surface area contributed by atoms with E-state index < -0.39 is 5.54 Å². The molecule has 1 saturated carbocycles. The van der Waals surface area contributed by atoms with Crippen LogP contribution in [-0.4, -0.2) is 16.6 Å². The maximum Gasteiger partial charge on any atom is 0.250 e. The third kappa shape index (κ3) is 3.95. The minimum absolute atomic E-state index is 0.114. The zero-order valence-corrected chi connectivity index (χ0v) is 16.2. The van der Waals surface area contributed by atoms with E-state index in [0.29, 0.717) is 18.5 Å². The lowest BCUT2D eigenvalue weighted by Crippen LogP contribution is -2.61. The molecule has 142 valence electrons. The number of carbonyl (C=O) groups is 1. The molecule has 0 unspecified atom stereocenters. The Morgan fingerprint density at radius 2 is 1.74 bits per heavy atom. The number of para-hydroxylation sites is 1. The van der Waals surface area contributed by atoms with Gasteiger partial charge in [0.05, 0.1) is 0 Å². The van der Waals surface area contributed by atoms with Crippen molar-refractivity contribution in [2.75, 3.05) is 10.2 Å². The first-order valence-electron chi connectivity index (χ1n) is 9.16. The number of thiocarbonyl (C=S) groups is 1. The Morgan fingerprint density at radius 1 is 1.11 bits per heavy atom. The first-order chi connectivity index (χ1) is 12.9. The quantitative estimate of drug-likeness (QED) is 0.760. The van der Waals surface area contributed by atoms with E-state index in [0.717, 1.165) is 30.5 Å². The molecule has 1 fully saturated rings. The maximum atomic E-state index is 13.5. The summed E-state index contributed by atoms with van der Waals surface area (Å²) in [5.74, 6) is -0.475. The lowest BCUT2D eigenvalue weighted by molar-refractivity contribution is -0.122. The Bertz CT molecular complexity index is 832. The van der Waals surface area contributed by atoms with E-state index in [-0.39, 0.29) is 16.8 Å². The first kappa shape index (κ1) is 19.3. The molecule has 27 heavy (non-hydrogen) atoms. The van der Waals surface area contributed by atoms with Gasteiger partial charge in [-0.2, -0.15) is 0 Å². The number of benzene rings is 2. The minimum atomic E-state index is -0.885. The van der Waals surface area contributed by atoms with Crippen LogP contribution in [0, 0.1) is 12.7 Å². The molecule has 1 aliphatic carbocycles. The van der Waals surface area contributed by atoms with Crippen molar-refractivity contribution in [2.24, 2.45) is 5.73 Å². The van der Waals surface area contributed by atoms with Crippen molar-refractivity contribution < 1.29 is 9.18 Å². The summed E-state index contributed by atoms with van der Waals surface area (Å²) in [6.45, 7) is 1.95. The Labute approximate surface area is 164 Å². The number of nitrogens with two attached hydrogens (primary N) is 1. The van der Waals surface area contributed by atoms with Gasteiger partial charge in [-0.1, -0.05) is 37.5 Å². The SMILES string of the molecule is Cc1ccccc1NC(=O)C1(N(C(N)=S)c2ccc(F)cc2)CCCCC1. The average molecular weight is 386 g/mol. The summed E-state index contributed by atoms with van der Waals surface area (Å²) in [6.07, 6.45) is 4.15. The average Bonchev–Trinajstić information content (AvgIpc) is 2.66. The third-order valence-electron chi connectivity index (χ3n) is 5.23. The van der Waals surface area contributed by atoms with Crippen LogP contribution in [0.25, 0.3) is 0 Å². The molecule has 0 atom stereocenters. The van der Waals surface area contributed by atoms with E-state index in [1.54, 1.807) is 17.0 Å². The van der Waals surface area contributed by atoms with Gasteiger partial charge in [0.1, 0.15) is 11.4 Å². The van der Waals surface area contributed by atoms with Crippen LogP contribution in [0.4, 0.5) is 15.8 Å². The third-order valence-corrected chi connectivity index (χ3v) is 5.41. The summed E-state index contributed by atoms with van der Waals surface area (Å²) < 4.78 is 13.4. The number of anilines is 2. The molecule has 2 aromatic rings.